The summed E-state index contributed by atoms with van der Waals surface area (Å²) in [7, 11) is 1.64. The maximum Gasteiger partial charge on any atom is 0.252 e. The van der Waals surface area contributed by atoms with Gasteiger partial charge in [-0.05, 0) is 68.9 Å². The maximum absolute atomic E-state index is 12.7. The van der Waals surface area contributed by atoms with Gasteiger partial charge in [0.15, 0.2) is 0 Å². The number of nitrogens with zero attached hydrogens (tertiary/aromatic N) is 1. The Balaban J connectivity index is 1.54. The van der Waals surface area contributed by atoms with Crippen molar-refractivity contribution in [3.8, 4) is 0 Å². The van der Waals surface area contributed by atoms with E-state index in [1.807, 2.05) is 0 Å². The van der Waals surface area contributed by atoms with Gasteiger partial charge in [0.2, 0.25) is 0 Å². The summed E-state index contributed by atoms with van der Waals surface area (Å²) in [6.45, 7) is 7.93. The molecule has 0 aromatic heterocycles. The molecule has 3 rings (SSSR count). The lowest BCUT2D eigenvalue weighted by Gasteiger charge is -2.34. The highest BCUT2D eigenvalue weighted by molar-refractivity contribution is 5.85. The van der Waals surface area contributed by atoms with Crippen molar-refractivity contribution < 1.29 is 9.53 Å². The summed E-state index contributed by atoms with van der Waals surface area (Å²) in [4.78, 5) is 15.2. The van der Waals surface area contributed by atoms with E-state index in [1.165, 1.54) is 31.5 Å². The van der Waals surface area contributed by atoms with Crippen molar-refractivity contribution in [2.45, 2.75) is 51.3 Å². The molecule has 0 saturated carbocycles. The highest BCUT2D eigenvalue weighted by Crippen LogP contribution is 2.23. The van der Waals surface area contributed by atoms with Gasteiger partial charge >= 0.3 is 0 Å². The van der Waals surface area contributed by atoms with E-state index in [1.54, 1.807) is 7.11 Å². The van der Waals surface area contributed by atoms with Gasteiger partial charge in [0, 0.05) is 20.2 Å². The van der Waals surface area contributed by atoms with E-state index < -0.39 is 5.60 Å². The largest absolute Gasteiger partial charge is 0.368 e. The van der Waals surface area contributed by atoms with Crippen molar-refractivity contribution in [3.05, 3.63) is 35.4 Å². The Morgan fingerprint density at radius 2 is 1.96 bits per heavy atom. The van der Waals surface area contributed by atoms with Crippen LogP contribution in [0.4, 0.5) is 0 Å². The lowest BCUT2D eigenvalue weighted by molar-refractivity contribution is -0.146. The fourth-order valence-electron chi connectivity index (χ4n) is 4.01. The molecule has 5 nitrogen and oxygen atoms in total. The Hall–Kier alpha value is -1.43. The monoisotopic (exact) mass is 359 g/mol. The zero-order valence-electron chi connectivity index (χ0n) is 16.2. The van der Waals surface area contributed by atoms with Gasteiger partial charge in [-0.2, -0.15) is 0 Å². The van der Waals surface area contributed by atoms with Crippen molar-refractivity contribution in [1.82, 2.24) is 15.5 Å². The van der Waals surface area contributed by atoms with E-state index in [2.05, 4.69) is 46.7 Å². The fraction of sp³-hybridized carbons (Fsp3) is 0.667. The quantitative estimate of drug-likeness (QED) is 0.818. The number of nitrogens with one attached hydrogen (secondary N) is 2. The summed E-state index contributed by atoms with van der Waals surface area (Å²) >= 11 is 0. The summed E-state index contributed by atoms with van der Waals surface area (Å²) < 4.78 is 5.60. The summed E-state index contributed by atoms with van der Waals surface area (Å²) in [6.07, 6.45) is 4.04. The molecule has 0 bridgehead atoms. The molecule has 0 unspecified atom stereocenters. The van der Waals surface area contributed by atoms with E-state index in [0.29, 0.717) is 6.54 Å². The standard InChI is InChI=1S/C21H33N3O2/c1-17-6-12-24(13-7-17)16-19-5-3-4-18(14-19)15-23-20(25)21(26-2)8-10-22-11-9-21/h3-5,14,17,22H,6-13,15-16H2,1-2H3,(H,23,25). The minimum Gasteiger partial charge on any atom is -0.368 e. The molecule has 1 aromatic carbocycles. The Bertz CT molecular complexity index is 591. The number of hydrogen-bond acceptors (Lipinski definition) is 4. The van der Waals surface area contributed by atoms with Gasteiger partial charge in [-0.1, -0.05) is 31.2 Å². The molecular formula is C21H33N3O2. The average Bonchev–Trinajstić information content (AvgIpc) is 2.69. The highest BCUT2D eigenvalue weighted by atomic mass is 16.5. The first-order chi connectivity index (χ1) is 12.6. The van der Waals surface area contributed by atoms with Crippen LogP contribution in [-0.2, 0) is 22.6 Å². The van der Waals surface area contributed by atoms with Crippen LogP contribution in [0.15, 0.2) is 24.3 Å². The first kappa shape index (κ1) is 19.3. The predicted molar refractivity (Wildman–Crippen MR) is 104 cm³/mol. The van der Waals surface area contributed by atoms with Gasteiger partial charge in [0.05, 0.1) is 0 Å². The molecule has 0 spiro atoms. The highest BCUT2D eigenvalue weighted by Gasteiger charge is 2.39. The number of ether oxygens (including phenoxy) is 1. The van der Waals surface area contributed by atoms with Gasteiger partial charge in [0.1, 0.15) is 5.60 Å². The number of methoxy groups -OCH3 is 1. The third-order valence-electron chi connectivity index (χ3n) is 5.94. The van der Waals surface area contributed by atoms with E-state index in [4.69, 9.17) is 4.74 Å². The van der Waals surface area contributed by atoms with Crippen LogP contribution in [0, 0.1) is 5.92 Å². The van der Waals surface area contributed by atoms with Crippen molar-refractivity contribution in [1.29, 1.82) is 0 Å². The molecular weight excluding hydrogens is 326 g/mol. The van der Waals surface area contributed by atoms with Crippen molar-refractivity contribution in [2.24, 2.45) is 5.92 Å². The summed E-state index contributed by atoms with van der Waals surface area (Å²) in [5, 5.41) is 6.38. The number of carbonyl (C=O) groups is 1. The molecule has 2 N–H and O–H groups in total. The van der Waals surface area contributed by atoms with Crippen molar-refractivity contribution >= 4 is 5.91 Å². The number of rotatable bonds is 6. The third kappa shape index (κ3) is 4.84. The molecule has 1 amide bonds. The molecule has 26 heavy (non-hydrogen) atoms. The van der Waals surface area contributed by atoms with Crippen LogP contribution in [0.1, 0.15) is 43.7 Å². The zero-order valence-corrected chi connectivity index (χ0v) is 16.2. The zero-order chi connectivity index (χ0) is 18.4. The van der Waals surface area contributed by atoms with Gasteiger partial charge in [-0.25, -0.2) is 0 Å². The molecule has 2 saturated heterocycles. The van der Waals surface area contributed by atoms with Gasteiger partial charge in [-0.3, -0.25) is 9.69 Å². The summed E-state index contributed by atoms with van der Waals surface area (Å²) in [5.74, 6) is 0.868. The molecule has 0 atom stereocenters. The van der Waals surface area contributed by atoms with Crippen LogP contribution in [0.25, 0.3) is 0 Å². The fourth-order valence-corrected chi connectivity index (χ4v) is 4.01. The minimum absolute atomic E-state index is 0.0110. The van der Waals surface area contributed by atoms with Crippen LogP contribution in [0.3, 0.4) is 0 Å². The molecule has 1 aromatic rings. The average molecular weight is 360 g/mol. The number of benzene rings is 1. The molecule has 144 valence electrons. The predicted octanol–water partition coefficient (Wildman–Crippen LogP) is 2.30. The molecule has 2 fully saturated rings. The number of hydrogen-bond donors (Lipinski definition) is 2. The molecule has 0 aliphatic carbocycles. The van der Waals surface area contributed by atoms with Crippen LogP contribution in [0.5, 0.6) is 0 Å². The van der Waals surface area contributed by atoms with Gasteiger partial charge in [0.25, 0.3) is 5.91 Å². The van der Waals surface area contributed by atoms with Gasteiger partial charge < -0.3 is 15.4 Å². The Kier molecular flexibility index (Phi) is 6.68. The Morgan fingerprint density at radius 3 is 2.65 bits per heavy atom. The number of likely N-dealkylation sites (tertiary alicyclic amines) is 1. The number of piperidine rings is 2. The maximum atomic E-state index is 12.7. The first-order valence-electron chi connectivity index (χ1n) is 9.96. The number of amides is 1. The third-order valence-corrected chi connectivity index (χ3v) is 5.94. The summed E-state index contributed by atoms with van der Waals surface area (Å²) in [6, 6.07) is 8.59. The number of carbonyl (C=O) groups excluding carboxylic acids is 1. The van der Waals surface area contributed by atoms with E-state index >= 15 is 0 Å². The van der Waals surface area contributed by atoms with E-state index in [-0.39, 0.29) is 5.91 Å². The van der Waals surface area contributed by atoms with Crippen LogP contribution in [0.2, 0.25) is 0 Å². The first-order valence-corrected chi connectivity index (χ1v) is 9.96. The summed E-state index contributed by atoms with van der Waals surface area (Å²) in [5.41, 5.74) is 1.81. The minimum atomic E-state index is -0.673. The van der Waals surface area contributed by atoms with E-state index in [9.17, 15) is 4.79 Å². The lowest BCUT2D eigenvalue weighted by atomic mass is 9.91. The van der Waals surface area contributed by atoms with Crippen LogP contribution in [-0.4, -0.2) is 49.7 Å². The molecule has 2 aliphatic heterocycles. The second kappa shape index (κ2) is 8.98. The Labute approximate surface area is 157 Å². The van der Waals surface area contributed by atoms with Crippen molar-refractivity contribution in [3.63, 3.8) is 0 Å². The SMILES string of the molecule is COC1(C(=O)NCc2cccc(CN3CCC(C)CC3)c2)CCNCC1. The van der Waals surface area contributed by atoms with Crippen molar-refractivity contribution in [2.75, 3.05) is 33.3 Å². The van der Waals surface area contributed by atoms with E-state index in [0.717, 1.165) is 44.0 Å². The molecule has 2 aliphatic rings. The molecule has 2 heterocycles. The normalized spacial score (nSPS) is 21.5. The van der Waals surface area contributed by atoms with Crippen LogP contribution >= 0.6 is 0 Å². The molecule has 0 radical (unpaired) electrons. The smallest absolute Gasteiger partial charge is 0.252 e. The topological polar surface area (TPSA) is 53.6 Å². The Morgan fingerprint density at radius 1 is 1.27 bits per heavy atom. The molecule has 5 heteroatoms. The van der Waals surface area contributed by atoms with Crippen LogP contribution < -0.4 is 10.6 Å². The lowest BCUT2D eigenvalue weighted by Crippen LogP contribution is -2.53. The second-order valence-electron chi connectivity index (χ2n) is 7.91. The second-order valence-corrected chi connectivity index (χ2v) is 7.91. The van der Waals surface area contributed by atoms with Gasteiger partial charge in [-0.15, -0.1) is 0 Å².